The average molecular weight is 347 g/mol. The maximum absolute atomic E-state index is 13.4. The molecule has 0 N–H and O–H groups in total. The number of halogens is 5. The van der Waals surface area contributed by atoms with Crippen LogP contribution < -0.4 is 0 Å². The molecule has 0 saturated heterocycles. The fraction of sp³-hybridized carbons (Fsp3) is 0.143. The van der Waals surface area contributed by atoms with Crippen molar-refractivity contribution < 1.29 is 17.6 Å². The van der Waals surface area contributed by atoms with Crippen molar-refractivity contribution in [2.75, 3.05) is 0 Å². The van der Waals surface area contributed by atoms with Crippen molar-refractivity contribution >= 4 is 12.4 Å². The number of rotatable bonds is 3. The summed E-state index contributed by atoms with van der Waals surface area (Å²) in [5.74, 6) is -0.949. The van der Waals surface area contributed by atoms with Crippen LogP contribution in [0.5, 0.6) is 0 Å². The Morgan fingerprint density at radius 1 is 1.09 bits per heavy atom. The smallest absolute Gasteiger partial charge is 0.331 e. The summed E-state index contributed by atoms with van der Waals surface area (Å²) in [7, 11) is 0. The van der Waals surface area contributed by atoms with Gasteiger partial charge in [-0.15, -0.1) is 12.4 Å². The third-order valence-corrected chi connectivity index (χ3v) is 3.05. The van der Waals surface area contributed by atoms with Gasteiger partial charge in [0.15, 0.2) is 0 Å². The predicted molar refractivity (Wildman–Crippen MR) is 77.1 cm³/mol. The van der Waals surface area contributed by atoms with Crippen molar-refractivity contribution in [1.82, 2.24) is 19.1 Å². The monoisotopic (exact) mass is 346 g/mol. The summed E-state index contributed by atoms with van der Waals surface area (Å²) in [5, 5.41) is 0. The molecule has 2 heterocycles. The Hall–Kier alpha value is -2.35. The quantitative estimate of drug-likeness (QED) is 0.678. The first-order valence-electron chi connectivity index (χ1n) is 6.28. The topological polar surface area (TPSA) is 35.6 Å². The van der Waals surface area contributed by atoms with E-state index in [1.54, 1.807) is 29.5 Å². The molecule has 0 fully saturated rings. The van der Waals surface area contributed by atoms with Gasteiger partial charge in [0.2, 0.25) is 0 Å². The van der Waals surface area contributed by atoms with Gasteiger partial charge in [0.25, 0.3) is 0 Å². The molecule has 0 atom stereocenters. The molecular formula is C14H11ClF4N4. The van der Waals surface area contributed by atoms with E-state index in [1.807, 2.05) is 0 Å². The maximum atomic E-state index is 13.4. The summed E-state index contributed by atoms with van der Waals surface area (Å²) in [5.41, 5.74) is -0.347. The lowest BCUT2D eigenvalue weighted by atomic mass is 10.2. The molecule has 2 aromatic heterocycles. The minimum atomic E-state index is -4.60. The molecule has 23 heavy (non-hydrogen) atoms. The molecule has 0 amide bonds. The summed E-state index contributed by atoms with van der Waals surface area (Å²) in [4.78, 5) is 7.99. The van der Waals surface area contributed by atoms with Crippen LogP contribution in [-0.2, 0) is 12.7 Å². The van der Waals surface area contributed by atoms with Gasteiger partial charge >= 0.3 is 6.18 Å². The van der Waals surface area contributed by atoms with Gasteiger partial charge in [-0.25, -0.2) is 14.4 Å². The Kier molecular flexibility index (Phi) is 4.74. The van der Waals surface area contributed by atoms with Crippen LogP contribution in [0.3, 0.4) is 0 Å². The molecule has 9 heteroatoms. The first kappa shape index (κ1) is 17.0. The molecule has 0 aliphatic rings. The molecule has 0 bridgehead atoms. The number of nitrogens with zero attached hydrogens (tertiary/aromatic N) is 4. The molecule has 0 spiro atoms. The lowest BCUT2D eigenvalue weighted by molar-refractivity contribution is -0.137. The zero-order valence-corrected chi connectivity index (χ0v) is 12.4. The van der Waals surface area contributed by atoms with Crippen LogP contribution >= 0.6 is 12.4 Å². The Labute approximate surface area is 134 Å². The maximum Gasteiger partial charge on any atom is 0.416 e. The molecule has 122 valence electrons. The Morgan fingerprint density at radius 3 is 2.52 bits per heavy atom. The fourth-order valence-electron chi connectivity index (χ4n) is 2.04. The number of imidazole rings is 2. The molecule has 0 aliphatic carbocycles. The molecule has 0 radical (unpaired) electrons. The highest BCUT2D eigenvalue weighted by Crippen LogP contribution is 2.31. The average Bonchev–Trinajstić information content (AvgIpc) is 3.09. The second kappa shape index (κ2) is 6.41. The highest BCUT2D eigenvalue weighted by Gasteiger charge is 2.31. The van der Waals surface area contributed by atoms with Gasteiger partial charge in [-0.3, -0.25) is 0 Å². The van der Waals surface area contributed by atoms with Gasteiger partial charge in [0, 0.05) is 24.3 Å². The van der Waals surface area contributed by atoms with E-state index in [0.717, 1.165) is 12.1 Å². The van der Waals surface area contributed by atoms with Gasteiger partial charge in [-0.1, -0.05) is 0 Å². The highest BCUT2D eigenvalue weighted by molar-refractivity contribution is 5.85. The van der Waals surface area contributed by atoms with Gasteiger partial charge in [0.05, 0.1) is 30.5 Å². The SMILES string of the molecule is Cl.Fc1cc(-n2cnc(Cn3ccnc3)c2)cc(C(F)(F)F)c1. The van der Waals surface area contributed by atoms with Gasteiger partial charge in [-0.2, -0.15) is 13.2 Å². The van der Waals surface area contributed by atoms with Gasteiger partial charge in [0.1, 0.15) is 5.82 Å². The summed E-state index contributed by atoms with van der Waals surface area (Å²) >= 11 is 0. The Bertz CT molecular complexity index is 780. The van der Waals surface area contributed by atoms with Crippen molar-refractivity contribution in [2.45, 2.75) is 12.7 Å². The van der Waals surface area contributed by atoms with E-state index < -0.39 is 17.6 Å². The molecule has 0 saturated carbocycles. The first-order chi connectivity index (χ1) is 10.4. The Morgan fingerprint density at radius 2 is 1.87 bits per heavy atom. The van der Waals surface area contributed by atoms with E-state index in [9.17, 15) is 17.6 Å². The summed E-state index contributed by atoms with van der Waals surface area (Å²) in [6, 6.07) is 2.37. The Balaban J connectivity index is 0.00000192. The van der Waals surface area contributed by atoms with Crippen molar-refractivity contribution in [3.8, 4) is 5.69 Å². The van der Waals surface area contributed by atoms with Crippen LogP contribution in [0.4, 0.5) is 17.6 Å². The summed E-state index contributed by atoms with van der Waals surface area (Å²) in [6.45, 7) is 0.425. The molecule has 4 nitrogen and oxygen atoms in total. The minimum Gasteiger partial charge on any atom is -0.331 e. The molecular weight excluding hydrogens is 336 g/mol. The number of alkyl halides is 3. The van der Waals surface area contributed by atoms with E-state index in [2.05, 4.69) is 9.97 Å². The zero-order chi connectivity index (χ0) is 15.7. The van der Waals surface area contributed by atoms with Crippen LogP contribution in [0.15, 0.2) is 49.4 Å². The largest absolute Gasteiger partial charge is 0.416 e. The van der Waals surface area contributed by atoms with Crippen LogP contribution in [0, 0.1) is 5.82 Å². The molecule has 3 rings (SSSR count). The lowest BCUT2D eigenvalue weighted by Crippen LogP contribution is -2.07. The van der Waals surface area contributed by atoms with E-state index in [0.29, 0.717) is 18.3 Å². The lowest BCUT2D eigenvalue weighted by Gasteiger charge is -2.09. The van der Waals surface area contributed by atoms with E-state index >= 15 is 0 Å². The predicted octanol–water partition coefficient (Wildman–Crippen LogP) is 3.70. The van der Waals surface area contributed by atoms with Gasteiger partial charge in [-0.05, 0) is 18.2 Å². The molecule has 3 aromatic rings. The van der Waals surface area contributed by atoms with E-state index in [-0.39, 0.29) is 18.1 Å². The normalized spacial score (nSPS) is 11.3. The van der Waals surface area contributed by atoms with Crippen LogP contribution in [0.25, 0.3) is 5.69 Å². The molecule has 0 aliphatic heterocycles. The number of hydrogen-bond acceptors (Lipinski definition) is 2. The second-order valence-electron chi connectivity index (χ2n) is 4.70. The van der Waals surface area contributed by atoms with Crippen molar-refractivity contribution in [3.63, 3.8) is 0 Å². The van der Waals surface area contributed by atoms with Crippen molar-refractivity contribution in [3.05, 3.63) is 66.5 Å². The number of aromatic nitrogens is 4. The third kappa shape index (κ3) is 3.89. The first-order valence-corrected chi connectivity index (χ1v) is 6.28. The van der Waals surface area contributed by atoms with Crippen molar-refractivity contribution in [2.24, 2.45) is 0 Å². The standard InChI is InChI=1S/C14H10F4N4.ClH/c15-11-3-10(14(16,17)18)4-13(5-11)22-7-12(20-9-22)6-21-2-1-19-8-21;/h1-5,7-9H,6H2;1H. The van der Waals surface area contributed by atoms with Crippen molar-refractivity contribution in [1.29, 1.82) is 0 Å². The van der Waals surface area contributed by atoms with E-state index in [4.69, 9.17) is 0 Å². The molecule has 0 unspecified atom stereocenters. The van der Waals surface area contributed by atoms with Crippen LogP contribution in [-0.4, -0.2) is 19.1 Å². The zero-order valence-electron chi connectivity index (χ0n) is 11.5. The number of benzene rings is 1. The fourth-order valence-corrected chi connectivity index (χ4v) is 2.04. The highest BCUT2D eigenvalue weighted by atomic mass is 35.5. The number of hydrogen-bond donors (Lipinski definition) is 0. The summed E-state index contributed by atoms with van der Waals surface area (Å²) in [6.07, 6.45) is 3.25. The minimum absolute atomic E-state index is 0. The van der Waals surface area contributed by atoms with Crippen LogP contribution in [0.1, 0.15) is 11.3 Å². The van der Waals surface area contributed by atoms with Gasteiger partial charge < -0.3 is 9.13 Å². The molecule has 1 aromatic carbocycles. The van der Waals surface area contributed by atoms with Crippen LogP contribution in [0.2, 0.25) is 0 Å². The second-order valence-corrected chi connectivity index (χ2v) is 4.70. The summed E-state index contributed by atoms with van der Waals surface area (Å²) < 4.78 is 54.7. The third-order valence-electron chi connectivity index (χ3n) is 3.05. The van der Waals surface area contributed by atoms with E-state index in [1.165, 1.54) is 10.9 Å².